The van der Waals surface area contributed by atoms with Crippen molar-refractivity contribution in [2.75, 3.05) is 18.9 Å². The van der Waals surface area contributed by atoms with Crippen LogP contribution in [0.1, 0.15) is 36.0 Å². The molecule has 1 amide bonds. The van der Waals surface area contributed by atoms with Gasteiger partial charge in [-0.3, -0.25) is 4.79 Å². The topological polar surface area (TPSA) is 32.3 Å². The van der Waals surface area contributed by atoms with Gasteiger partial charge in [0.05, 0.1) is 0 Å². The molecule has 0 saturated carbocycles. The minimum atomic E-state index is 0.133. The summed E-state index contributed by atoms with van der Waals surface area (Å²) in [7, 11) is 2.10. The van der Waals surface area contributed by atoms with Crippen molar-refractivity contribution in [2.45, 2.75) is 46.1 Å². The summed E-state index contributed by atoms with van der Waals surface area (Å²) in [6.45, 7) is 7.30. The largest absolute Gasteiger partial charge is 0.326 e. The number of rotatable bonds is 3. The van der Waals surface area contributed by atoms with Crippen molar-refractivity contribution < 1.29 is 4.79 Å². The van der Waals surface area contributed by atoms with E-state index < -0.39 is 0 Å². The normalized spacial score (nSPS) is 19.7. The molecule has 3 nitrogen and oxygen atoms in total. The molecule has 1 heterocycles. The van der Waals surface area contributed by atoms with Crippen LogP contribution in [-0.4, -0.2) is 30.4 Å². The highest BCUT2D eigenvalue weighted by atomic mass is 16.1. The van der Waals surface area contributed by atoms with E-state index in [4.69, 9.17) is 0 Å². The molecule has 1 aliphatic rings. The standard InChI is InChI=1S/C16H24N2O/c1-11-8-12(2)16(13(3)9-11)17-15(19)10-14-6-5-7-18(14)4/h8-9,14H,5-7,10H2,1-4H3,(H,17,19). The Morgan fingerprint density at radius 1 is 1.32 bits per heavy atom. The minimum absolute atomic E-state index is 0.133. The quantitative estimate of drug-likeness (QED) is 0.906. The zero-order chi connectivity index (χ0) is 14.0. The molecule has 0 aromatic heterocycles. The fourth-order valence-corrected chi connectivity index (χ4v) is 3.02. The number of amides is 1. The van der Waals surface area contributed by atoms with Crippen molar-refractivity contribution in [3.63, 3.8) is 0 Å². The van der Waals surface area contributed by atoms with Crippen LogP contribution >= 0.6 is 0 Å². The van der Waals surface area contributed by atoms with Gasteiger partial charge in [0.15, 0.2) is 0 Å². The van der Waals surface area contributed by atoms with Crippen LogP contribution in [0.5, 0.6) is 0 Å². The Labute approximate surface area is 116 Å². The van der Waals surface area contributed by atoms with Crippen molar-refractivity contribution in [1.82, 2.24) is 4.90 Å². The predicted octanol–water partition coefficient (Wildman–Crippen LogP) is 3.03. The van der Waals surface area contributed by atoms with Crippen LogP contribution in [0.15, 0.2) is 12.1 Å². The Morgan fingerprint density at radius 2 is 1.95 bits per heavy atom. The lowest BCUT2D eigenvalue weighted by Gasteiger charge is -2.19. The first-order valence-corrected chi connectivity index (χ1v) is 7.05. The molecule has 1 unspecified atom stereocenters. The van der Waals surface area contributed by atoms with E-state index in [-0.39, 0.29) is 5.91 Å². The van der Waals surface area contributed by atoms with Crippen LogP contribution in [0.2, 0.25) is 0 Å². The second-order valence-corrected chi connectivity index (χ2v) is 5.80. The fourth-order valence-electron chi connectivity index (χ4n) is 3.02. The highest BCUT2D eigenvalue weighted by Crippen LogP contribution is 2.23. The van der Waals surface area contributed by atoms with E-state index in [1.54, 1.807) is 0 Å². The number of hydrogen-bond donors (Lipinski definition) is 1. The third-order valence-electron chi connectivity index (χ3n) is 4.03. The summed E-state index contributed by atoms with van der Waals surface area (Å²) < 4.78 is 0. The molecule has 3 heteroatoms. The number of carbonyl (C=O) groups excluding carboxylic acids is 1. The first kappa shape index (κ1) is 14.1. The molecule has 0 bridgehead atoms. The summed E-state index contributed by atoms with van der Waals surface area (Å²) in [6.07, 6.45) is 2.94. The molecule has 1 aliphatic heterocycles. The highest BCUT2D eigenvalue weighted by molar-refractivity contribution is 5.92. The summed E-state index contributed by atoms with van der Waals surface area (Å²) in [6, 6.07) is 4.64. The predicted molar refractivity (Wildman–Crippen MR) is 79.6 cm³/mol. The molecular formula is C16H24N2O. The molecule has 1 saturated heterocycles. The monoisotopic (exact) mass is 260 g/mol. The van der Waals surface area contributed by atoms with Gasteiger partial charge < -0.3 is 10.2 Å². The van der Waals surface area contributed by atoms with E-state index in [0.717, 1.165) is 29.8 Å². The third kappa shape index (κ3) is 3.35. The van der Waals surface area contributed by atoms with Gasteiger partial charge in [0.1, 0.15) is 0 Å². The second-order valence-electron chi connectivity index (χ2n) is 5.80. The fraction of sp³-hybridized carbons (Fsp3) is 0.562. The van der Waals surface area contributed by atoms with E-state index >= 15 is 0 Å². The van der Waals surface area contributed by atoms with Crippen LogP contribution in [0.3, 0.4) is 0 Å². The average Bonchev–Trinajstić information content (AvgIpc) is 2.69. The van der Waals surface area contributed by atoms with Crippen molar-refractivity contribution >= 4 is 11.6 Å². The van der Waals surface area contributed by atoms with Crippen LogP contribution in [0, 0.1) is 20.8 Å². The Morgan fingerprint density at radius 3 is 2.47 bits per heavy atom. The molecule has 104 valence electrons. The van der Waals surface area contributed by atoms with Crippen molar-refractivity contribution in [3.05, 3.63) is 28.8 Å². The van der Waals surface area contributed by atoms with Crippen molar-refractivity contribution in [3.8, 4) is 0 Å². The van der Waals surface area contributed by atoms with Gasteiger partial charge in [0, 0.05) is 18.2 Å². The number of benzene rings is 1. The second kappa shape index (κ2) is 5.74. The molecule has 1 aromatic rings. The smallest absolute Gasteiger partial charge is 0.225 e. The van der Waals surface area contributed by atoms with Crippen LogP contribution < -0.4 is 5.32 Å². The van der Waals surface area contributed by atoms with E-state index in [0.29, 0.717) is 12.5 Å². The lowest BCUT2D eigenvalue weighted by Crippen LogP contribution is -2.29. The zero-order valence-corrected chi connectivity index (χ0v) is 12.4. The molecule has 1 atom stereocenters. The van der Waals surface area contributed by atoms with E-state index in [9.17, 15) is 4.79 Å². The van der Waals surface area contributed by atoms with Crippen molar-refractivity contribution in [2.24, 2.45) is 0 Å². The van der Waals surface area contributed by atoms with Gasteiger partial charge in [-0.15, -0.1) is 0 Å². The SMILES string of the molecule is Cc1cc(C)c(NC(=O)CC2CCCN2C)c(C)c1. The lowest BCUT2D eigenvalue weighted by atomic mass is 10.0. The van der Waals surface area contributed by atoms with Crippen LogP contribution in [-0.2, 0) is 4.79 Å². The number of likely N-dealkylation sites (tertiary alicyclic amines) is 1. The first-order valence-electron chi connectivity index (χ1n) is 7.05. The molecule has 19 heavy (non-hydrogen) atoms. The number of anilines is 1. The van der Waals surface area contributed by atoms with Crippen molar-refractivity contribution in [1.29, 1.82) is 0 Å². The van der Waals surface area contributed by atoms with Gasteiger partial charge in [-0.2, -0.15) is 0 Å². The molecule has 1 aromatic carbocycles. The van der Waals surface area contributed by atoms with E-state index in [1.807, 2.05) is 0 Å². The van der Waals surface area contributed by atoms with Gasteiger partial charge in [0.25, 0.3) is 0 Å². The molecule has 2 rings (SSSR count). The average molecular weight is 260 g/mol. The molecule has 0 spiro atoms. The number of carbonyl (C=O) groups is 1. The van der Waals surface area contributed by atoms with Crippen LogP contribution in [0.4, 0.5) is 5.69 Å². The minimum Gasteiger partial charge on any atom is -0.326 e. The van der Waals surface area contributed by atoms with Gasteiger partial charge in [-0.25, -0.2) is 0 Å². The Hall–Kier alpha value is -1.35. The molecule has 1 N–H and O–H groups in total. The summed E-state index contributed by atoms with van der Waals surface area (Å²) in [5.74, 6) is 0.133. The molecular weight excluding hydrogens is 236 g/mol. The Balaban J connectivity index is 2.03. The molecule has 0 radical (unpaired) electrons. The molecule has 1 fully saturated rings. The number of nitrogens with one attached hydrogen (secondary N) is 1. The number of hydrogen-bond acceptors (Lipinski definition) is 2. The lowest BCUT2D eigenvalue weighted by molar-refractivity contribution is -0.117. The zero-order valence-electron chi connectivity index (χ0n) is 12.4. The Bertz CT molecular complexity index is 459. The number of nitrogens with zero attached hydrogens (tertiary/aromatic N) is 1. The third-order valence-corrected chi connectivity index (χ3v) is 4.03. The maximum absolute atomic E-state index is 12.2. The highest BCUT2D eigenvalue weighted by Gasteiger charge is 2.23. The maximum Gasteiger partial charge on any atom is 0.225 e. The van der Waals surface area contributed by atoms with Gasteiger partial charge >= 0.3 is 0 Å². The summed E-state index contributed by atoms with van der Waals surface area (Å²) in [5, 5.41) is 3.09. The summed E-state index contributed by atoms with van der Waals surface area (Å²) in [5.41, 5.74) is 4.51. The Kier molecular flexibility index (Phi) is 4.25. The van der Waals surface area contributed by atoms with Crippen LogP contribution in [0.25, 0.3) is 0 Å². The van der Waals surface area contributed by atoms with Gasteiger partial charge in [-0.05, 0) is 58.3 Å². The van der Waals surface area contributed by atoms with Gasteiger partial charge in [-0.1, -0.05) is 17.7 Å². The summed E-state index contributed by atoms with van der Waals surface area (Å²) >= 11 is 0. The summed E-state index contributed by atoms with van der Waals surface area (Å²) in [4.78, 5) is 14.5. The molecule has 0 aliphatic carbocycles. The number of aryl methyl sites for hydroxylation is 3. The van der Waals surface area contributed by atoms with Gasteiger partial charge in [0.2, 0.25) is 5.91 Å². The van der Waals surface area contributed by atoms with E-state index in [2.05, 4.69) is 50.2 Å². The maximum atomic E-state index is 12.2. The first-order chi connectivity index (χ1) is 8.97. The van der Waals surface area contributed by atoms with E-state index in [1.165, 1.54) is 12.0 Å².